The van der Waals surface area contributed by atoms with Crippen LogP contribution in [-0.2, 0) is 4.79 Å². The fourth-order valence-corrected chi connectivity index (χ4v) is 2.32. The van der Waals surface area contributed by atoms with Crippen molar-refractivity contribution in [1.82, 2.24) is 0 Å². The summed E-state index contributed by atoms with van der Waals surface area (Å²) in [7, 11) is 0. The minimum absolute atomic E-state index is 0.164. The molecule has 6 heteroatoms. The number of nitrogens with one attached hydrogen (secondary N) is 1. The predicted octanol–water partition coefficient (Wildman–Crippen LogP) is 1.59. The van der Waals surface area contributed by atoms with Gasteiger partial charge in [0.25, 0.3) is 0 Å². The first-order chi connectivity index (χ1) is 8.99. The molecule has 1 fully saturated rings. The minimum Gasteiger partial charge on any atom is -0.478 e. The van der Waals surface area contributed by atoms with Crippen molar-refractivity contribution >= 4 is 17.6 Å². The van der Waals surface area contributed by atoms with Crippen LogP contribution < -0.4 is 11.1 Å². The Bertz CT molecular complexity index is 519. The second kappa shape index (κ2) is 5.36. The van der Waals surface area contributed by atoms with Crippen LogP contribution in [0.3, 0.4) is 0 Å². The van der Waals surface area contributed by atoms with Crippen molar-refractivity contribution in [2.45, 2.75) is 25.3 Å². The normalized spacial score (nSPS) is 22.2. The Morgan fingerprint density at radius 2 is 2.11 bits per heavy atom. The number of aromatic carboxylic acids is 1. The highest BCUT2D eigenvalue weighted by atomic mass is 19.1. The molecule has 0 spiro atoms. The third kappa shape index (κ3) is 2.90. The summed E-state index contributed by atoms with van der Waals surface area (Å²) in [6.07, 6.45) is 2.44. The molecule has 0 bridgehead atoms. The Morgan fingerprint density at radius 1 is 1.37 bits per heavy atom. The van der Waals surface area contributed by atoms with Gasteiger partial charge in [-0.3, -0.25) is 4.79 Å². The van der Waals surface area contributed by atoms with Gasteiger partial charge in [-0.25, -0.2) is 9.18 Å². The van der Waals surface area contributed by atoms with Crippen LogP contribution in [0.15, 0.2) is 18.2 Å². The van der Waals surface area contributed by atoms with Gasteiger partial charge in [0.05, 0.1) is 11.5 Å². The van der Waals surface area contributed by atoms with E-state index in [2.05, 4.69) is 5.32 Å². The van der Waals surface area contributed by atoms with E-state index in [1.54, 1.807) is 0 Å². The molecular formula is C13H15FN2O3. The van der Waals surface area contributed by atoms with Gasteiger partial charge >= 0.3 is 5.97 Å². The second-order valence-electron chi connectivity index (χ2n) is 4.69. The highest BCUT2D eigenvalue weighted by molar-refractivity contribution is 5.94. The van der Waals surface area contributed by atoms with E-state index in [1.165, 1.54) is 6.07 Å². The number of halogens is 1. The number of anilines is 1. The Hall–Kier alpha value is -1.95. The summed E-state index contributed by atoms with van der Waals surface area (Å²) >= 11 is 0. The van der Waals surface area contributed by atoms with E-state index in [0.717, 1.165) is 31.4 Å². The number of carboxylic acid groups (broad SMARTS) is 1. The standard InChI is InChI=1S/C13H15FN2O3/c14-10-6-7(4-5-8(10)13(18)19)16-12(17)9-2-1-3-11(9)15/h4-6,9,11H,1-3,15H2,(H,16,17)(H,18,19). The van der Waals surface area contributed by atoms with E-state index in [1.807, 2.05) is 0 Å². The molecule has 19 heavy (non-hydrogen) atoms. The zero-order valence-corrected chi connectivity index (χ0v) is 10.2. The van der Waals surface area contributed by atoms with Gasteiger partial charge < -0.3 is 16.2 Å². The number of carboxylic acids is 1. The smallest absolute Gasteiger partial charge is 0.338 e. The topological polar surface area (TPSA) is 92.4 Å². The van der Waals surface area contributed by atoms with Gasteiger partial charge in [0.2, 0.25) is 5.91 Å². The summed E-state index contributed by atoms with van der Waals surface area (Å²) in [5.41, 5.74) is 5.64. The highest BCUT2D eigenvalue weighted by Crippen LogP contribution is 2.25. The lowest BCUT2D eigenvalue weighted by atomic mass is 10.0. The maximum Gasteiger partial charge on any atom is 0.338 e. The number of carbonyl (C=O) groups excluding carboxylic acids is 1. The quantitative estimate of drug-likeness (QED) is 0.774. The Labute approximate surface area is 109 Å². The van der Waals surface area contributed by atoms with Crippen molar-refractivity contribution in [1.29, 1.82) is 0 Å². The zero-order chi connectivity index (χ0) is 14.0. The van der Waals surface area contributed by atoms with Gasteiger partial charge in [-0.1, -0.05) is 6.42 Å². The Kier molecular flexibility index (Phi) is 3.80. The maximum atomic E-state index is 13.4. The van der Waals surface area contributed by atoms with Crippen LogP contribution in [0.25, 0.3) is 0 Å². The van der Waals surface area contributed by atoms with Gasteiger partial charge in [-0.05, 0) is 31.0 Å². The van der Waals surface area contributed by atoms with Crippen molar-refractivity contribution in [3.05, 3.63) is 29.6 Å². The number of benzene rings is 1. The molecule has 1 aromatic carbocycles. The van der Waals surface area contributed by atoms with Crippen LogP contribution in [0.5, 0.6) is 0 Å². The van der Waals surface area contributed by atoms with Crippen LogP contribution in [0.4, 0.5) is 10.1 Å². The largest absolute Gasteiger partial charge is 0.478 e. The van der Waals surface area contributed by atoms with E-state index >= 15 is 0 Å². The maximum absolute atomic E-state index is 13.4. The molecule has 2 rings (SSSR count). The van der Waals surface area contributed by atoms with Crippen molar-refractivity contribution < 1.29 is 19.1 Å². The molecule has 4 N–H and O–H groups in total. The first-order valence-electron chi connectivity index (χ1n) is 6.08. The molecular weight excluding hydrogens is 251 g/mol. The molecule has 1 saturated carbocycles. The van der Waals surface area contributed by atoms with Crippen LogP contribution in [-0.4, -0.2) is 23.0 Å². The number of rotatable bonds is 3. The third-order valence-electron chi connectivity index (χ3n) is 3.37. The predicted molar refractivity (Wildman–Crippen MR) is 67.3 cm³/mol. The van der Waals surface area contributed by atoms with Crippen molar-refractivity contribution in [2.75, 3.05) is 5.32 Å². The first kappa shape index (κ1) is 13.5. The van der Waals surface area contributed by atoms with Crippen LogP contribution in [0.1, 0.15) is 29.6 Å². The number of hydrogen-bond acceptors (Lipinski definition) is 3. The summed E-state index contributed by atoms with van der Waals surface area (Å²) in [5, 5.41) is 11.3. The summed E-state index contributed by atoms with van der Waals surface area (Å²) in [6, 6.07) is 3.33. The molecule has 2 atom stereocenters. The third-order valence-corrected chi connectivity index (χ3v) is 3.37. The summed E-state index contributed by atoms with van der Waals surface area (Å²) in [6.45, 7) is 0. The SMILES string of the molecule is NC1CCCC1C(=O)Nc1ccc(C(=O)O)c(F)c1. The lowest BCUT2D eigenvalue weighted by Crippen LogP contribution is -2.34. The summed E-state index contributed by atoms with van der Waals surface area (Å²) in [5.74, 6) is -2.72. The molecule has 0 aromatic heterocycles. The molecule has 0 aliphatic heterocycles. The average Bonchev–Trinajstić information content (AvgIpc) is 2.75. The zero-order valence-electron chi connectivity index (χ0n) is 10.2. The summed E-state index contributed by atoms with van der Waals surface area (Å²) < 4.78 is 13.4. The molecule has 2 unspecified atom stereocenters. The first-order valence-corrected chi connectivity index (χ1v) is 6.08. The number of amides is 1. The highest BCUT2D eigenvalue weighted by Gasteiger charge is 2.30. The average molecular weight is 266 g/mol. The molecule has 0 heterocycles. The number of carbonyl (C=O) groups is 2. The van der Waals surface area contributed by atoms with E-state index in [4.69, 9.17) is 10.8 Å². The Morgan fingerprint density at radius 3 is 2.63 bits per heavy atom. The van der Waals surface area contributed by atoms with Gasteiger partial charge in [0.1, 0.15) is 5.82 Å². The lowest BCUT2D eigenvalue weighted by molar-refractivity contribution is -0.120. The molecule has 0 saturated heterocycles. The van der Waals surface area contributed by atoms with Gasteiger partial charge in [0.15, 0.2) is 0 Å². The van der Waals surface area contributed by atoms with E-state index in [9.17, 15) is 14.0 Å². The van der Waals surface area contributed by atoms with Crippen LogP contribution in [0, 0.1) is 11.7 Å². The number of nitrogens with two attached hydrogens (primary N) is 1. The van der Waals surface area contributed by atoms with Crippen molar-refractivity contribution in [3.63, 3.8) is 0 Å². The fraction of sp³-hybridized carbons (Fsp3) is 0.385. The fourth-order valence-electron chi connectivity index (χ4n) is 2.32. The molecule has 102 valence electrons. The molecule has 0 radical (unpaired) electrons. The van der Waals surface area contributed by atoms with Crippen LogP contribution >= 0.6 is 0 Å². The molecule has 1 aromatic rings. The van der Waals surface area contributed by atoms with Crippen molar-refractivity contribution in [2.24, 2.45) is 11.7 Å². The van der Waals surface area contributed by atoms with E-state index < -0.39 is 17.3 Å². The van der Waals surface area contributed by atoms with Crippen LogP contribution in [0.2, 0.25) is 0 Å². The Balaban J connectivity index is 2.09. The lowest BCUT2D eigenvalue weighted by Gasteiger charge is -2.15. The number of hydrogen-bond donors (Lipinski definition) is 3. The van der Waals surface area contributed by atoms with E-state index in [0.29, 0.717) is 0 Å². The van der Waals surface area contributed by atoms with Crippen molar-refractivity contribution in [3.8, 4) is 0 Å². The monoisotopic (exact) mass is 266 g/mol. The molecule has 1 aliphatic carbocycles. The molecule has 5 nitrogen and oxygen atoms in total. The minimum atomic E-state index is -1.34. The van der Waals surface area contributed by atoms with E-state index in [-0.39, 0.29) is 23.6 Å². The van der Waals surface area contributed by atoms with Gasteiger partial charge in [-0.2, -0.15) is 0 Å². The molecule has 1 amide bonds. The van der Waals surface area contributed by atoms with Gasteiger partial charge in [0, 0.05) is 11.7 Å². The second-order valence-corrected chi connectivity index (χ2v) is 4.69. The summed E-state index contributed by atoms with van der Waals surface area (Å²) in [4.78, 5) is 22.6. The molecule has 1 aliphatic rings. The van der Waals surface area contributed by atoms with Gasteiger partial charge in [-0.15, -0.1) is 0 Å².